The third-order valence-corrected chi connectivity index (χ3v) is 7.04. The van der Waals surface area contributed by atoms with Crippen molar-refractivity contribution in [2.45, 2.75) is 83.5 Å². The van der Waals surface area contributed by atoms with E-state index in [4.69, 9.17) is 24.0 Å². The molecule has 2 aromatic rings. The molecular weight excluding hydrogens is 506 g/mol. The lowest BCUT2D eigenvalue weighted by molar-refractivity contribution is -0.116. The highest BCUT2D eigenvalue weighted by molar-refractivity contribution is 6.13. The van der Waals surface area contributed by atoms with Crippen LogP contribution in [0.5, 0.6) is 17.2 Å². The summed E-state index contributed by atoms with van der Waals surface area (Å²) in [6.45, 7) is 2.25. The first-order valence-electron chi connectivity index (χ1n) is 14.5. The smallest absolute Gasteiger partial charge is 0.239 e. The Morgan fingerprint density at radius 1 is 0.875 bits per heavy atom. The number of unbranched alkanes of at least 4 members (excludes halogenated alkanes) is 9. The molecular formula is C32H45N3O5. The molecule has 0 spiro atoms. The Labute approximate surface area is 239 Å². The Morgan fingerprint density at radius 2 is 1.48 bits per heavy atom. The van der Waals surface area contributed by atoms with Crippen LogP contribution in [0.25, 0.3) is 0 Å². The highest BCUT2D eigenvalue weighted by Crippen LogP contribution is 2.39. The SMILES string of the molecule is CCCCCCCCCCCCC1=CONC(C(C(=O)Nc2c(OC)cc(OC)cc2OC)c2ccccc2)=N1. The highest BCUT2D eigenvalue weighted by atomic mass is 16.6. The maximum atomic E-state index is 13.8. The molecule has 1 aliphatic heterocycles. The van der Waals surface area contributed by atoms with Crippen molar-refractivity contribution >= 4 is 17.4 Å². The van der Waals surface area contributed by atoms with Crippen molar-refractivity contribution < 1.29 is 23.8 Å². The molecule has 3 rings (SSSR count). The predicted molar refractivity (Wildman–Crippen MR) is 160 cm³/mol. The largest absolute Gasteiger partial charge is 0.496 e. The number of carbonyl (C=O) groups is 1. The second-order valence-corrected chi connectivity index (χ2v) is 10.00. The van der Waals surface area contributed by atoms with Gasteiger partial charge in [-0.25, -0.2) is 10.5 Å². The van der Waals surface area contributed by atoms with Crippen molar-refractivity contribution in [2.75, 3.05) is 26.6 Å². The molecule has 0 fully saturated rings. The fourth-order valence-electron chi connectivity index (χ4n) is 4.80. The van der Waals surface area contributed by atoms with Crippen LogP contribution in [-0.4, -0.2) is 33.1 Å². The average molecular weight is 552 g/mol. The minimum Gasteiger partial charge on any atom is -0.496 e. The zero-order valence-electron chi connectivity index (χ0n) is 24.5. The number of carbonyl (C=O) groups excluding carboxylic acids is 1. The lowest BCUT2D eigenvalue weighted by atomic mass is 9.96. The first-order valence-corrected chi connectivity index (χ1v) is 14.5. The quantitative estimate of drug-likeness (QED) is 0.186. The number of ether oxygens (including phenoxy) is 3. The van der Waals surface area contributed by atoms with Crippen molar-refractivity contribution in [3.05, 3.63) is 60.0 Å². The van der Waals surface area contributed by atoms with Crippen LogP contribution < -0.4 is 25.0 Å². The van der Waals surface area contributed by atoms with E-state index in [0.29, 0.717) is 28.8 Å². The van der Waals surface area contributed by atoms with Gasteiger partial charge < -0.3 is 24.4 Å². The Kier molecular flexibility index (Phi) is 13.2. The molecule has 218 valence electrons. The number of amidine groups is 1. The molecule has 8 heteroatoms. The van der Waals surface area contributed by atoms with Crippen molar-refractivity contribution in [2.24, 2.45) is 4.99 Å². The number of hydrogen-bond donors (Lipinski definition) is 2. The fraction of sp³-hybridized carbons (Fsp3) is 0.500. The second-order valence-electron chi connectivity index (χ2n) is 10.00. The zero-order chi connectivity index (χ0) is 28.6. The van der Waals surface area contributed by atoms with Gasteiger partial charge in [0.15, 0.2) is 5.84 Å². The fourth-order valence-corrected chi connectivity index (χ4v) is 4.80. The van der Waals surface area contributed by atoms with Gasteiger partial charge in [0.05, 0.1) is 27.0 Å². The molecule has 8 nitrogen and oxygen atoms in total. The normalized spacial score (nSPS) is 13.3. The van der Waals surface area contributed by atoms with Gasteiger partial charge in [0.25, 0.3) is 0 Å². The summed E-state index contributed by atoms with van der Waals surface area (Å²) in [5.74, 6) is 0.789. The van der Waals surface area contributed by atoms with E-state index in [1.807, 2.05) is 30.3 Å². The standard InChI is InChI=1S/C32H45N3O5/c1-5-6-7-8-9-10-11-12-13-17-20-25-23-40-35-31(33-25)29(24-18-15-14-16-19-24)32(36)34-30-27(38-3)21-26(37-2)22-28(30)39-4/h14-16,18-19,21-23,29H,5-13,17,20H2,1-4H3,(H,33,35)(H,34,36). The minimum absolute atomic E-state index is 0.303. The molecule has 1 amide bonds. The first kappa shape index (κ1) is 30.9. The predicted octanol–water partition coefficient (Wildman–Crippen LogP) is 7.52. The molecule has 0 aromatic heterocycles. The third-order valence-electron chi connectivity index (χ3n) is 7.04. The highest BCUT2D eigenvalue weighted by Gasteiger charge is 2.30. The van der Waals surface area contributed by atoms with Gasteiger partial charge in [0.1, 0.15) is 35.1 Å². The van der Waals surface area contributed by atoms with Crippen LogP contribution in [0.4, 0.5) is 5.69 Å². The number of rotatable bonds is 18. The molecule has 0 saturated heterocycles. The van der Waals surface area contributed by atoms with E-state index < -0.39 is 5.92 Å². The summed E-state index contributed by atoms with van der Waals surface area (Å²) in [5.41, 5.74) is 4.87. The number of nitrogens with zero attached hydrogens (tertiary/aromatic N) is 1. The monoisotopic (exact) mass is 551 g/mol. The summed E-state index contributed by atoms with van der Waals surface area (Å²) in [7, 11) is 4.62. The van der Waals surface area contributed by atoms with Crippen LogP contribution in [-0.2, 0) is 9.63 Å². The molecule has 0 radical (unpaired) electrons. The lowest BCUT2D eigenvalue weighted by Crippen LogP contribution is -2.37. The van der Waals surface area contributed by atoms with Crippen LogP contribution >= 0.6 is 0 Å². The van der Waals surface area contributed by atoms with Crippen LogP contribution in [0.3, 0.4) is 0 Å². The van der Waals surface area contributed by atoms with Gasteiger partial charge in [0.2, 0.25) is 5.91 Å². The van der Waals surface area contributed by atoms with Crippen molar-refractivity contribution in [3.63, 3.8) is 0 Å². The zero-order valence-corrected chi connectivity index (χ0v) is 24.5. The molecule has 0 saturated carbocycles. The molecule has 1 heterocycles. The number of methoxy groups -OCH3 is 3. The number of nitrogens with one attached hydrogen (secondary N) is 2. The first-order chi connectivity index (χ1) is 19.6. The Balaban J connectivity index is 1.67. The van der Waals surface area contributed by atoms with Crippen molar-refractivity contribution in [1.29, 1.82) is 0 Å². The Hall–Kier alpha value is -3.68. The van der Waals surface area contributed by atoms with Gasteiger partial charge in [-0.05, 0) is 18.4 Å². The molecule has 0 aliphatic carbocycles. The van der Waals surface area contributed by atoms with Crippen molar-refractivity contribution in [3.8, 4) is 17.2 Å². The third kappa shape index (κ3) is 9.21. The molecule has 2 aromatic carbocycles. The molecule has 1 atom stereocenters. The van der Waals surface area contributed by atoms with E-state index in [2.05, 4.69) is 17.7 Å². The minimum atomic E-state index is -0.742. The number of benzene rings is 2. The van der Waals surface area contributed by atoms with E-state index in [9.17, 15) is 4.79 Å². The van der Waals surface area contributed by atoms with E-state index in [1.54, 1.807) is 25.5 Å². The summed E-state index contributed by atoms with van der Waals surface area (Å²) in [4.78, 5) is 24.2. The van der Waals surface area contributed by atoms with Crippen LogP contribution in [0.2, 0.25) is 0 Å². The van der Waals surface area contributed by atoms with E-state index in [1.165, 1.54) is 65.6 Å². The van der Waals surface area contributed by atoms with Gasteiger partial charge in [-0.2, -0.15) is 0 Å². The molecule has 1 unspecified atom stereocenters. The Morgan fingerprint density at radius 3 is 2.05 bits per heavy atom. The summed E-state index contributed by atoms with van der Waals surface area (Å²) in [6, 6.07) is 12.9. The average Bonchev–Trinajstić information content (AvgIpc) is 2.99. The molecule has 0 bridgehead atoms. The van der Waals surface area contributed by atoms with Crippen LogP contribution in [0.15, 0.2) is 59.4 Å². The molecule has 40 heavy (non-hydrogen) atoms. The summed E-state index contributed by atoms with van der Waals surface area (Å²) in [5, 5.41) is 2.99. The van der Waals surface area contributed by atoms with Crippen molar-refractivity contribution in [1.82, 2.24) is 5.48 Å². The van der Waals surface area contributed by atoms with Gasteiger partial charge in [0, 0.05) is 12.1 Å². The van der Waals surface area contributed by atoms with Gasteiger partial charge in [-0.1, -0.05) is 95.0 Å². The van der Waals surface area contributed by atoms with Gasteiger partial charge in [-0.15, -0.1) is 0 Å². The van der Waals surface area contributed by atoms with E-state index >= 15 is 0 Å². The van der Waals surface area contributed by atoms with Crippen LogP contribution in [0.1, 0.15) is 89.0 Å². The summed E-state index contributed by atoms with van der Waals surface area (Å²) >= 11 is 0. The number of hydrogen-bond acceptors (Lipinski definition) is 7. The molecule has 1 aliphatic rings. The number of aliphatic imine (C=N–C) groups is 1. The van der Waals surface area contributed by atoms with E-state index in [0.717, 1.165) is 30.5 Å². The lowest BCUT2D eigenvalue weighted by Gasteiger charge is -2.24. The summed E-state index contributed by atoms with van der Waals surface area (Å²) < 4.78 is 16.4. The second kappa shape index (κ2) is 17.1. The summed E-state index contributed by atoms with van der Waals surface area (Å²) in [6.07, 6.45) is 15.2. The molecule has 2 N–H and O–H groups in total. The number of hydroxylamine groups is 1. The van der Waals surface area contributed by atoms with Crippen LogP contribution in [0, 0.1) is 0 Å². The topological polar surface area (TPSA) is 90.4 Å². The number of anilines is 1. The number of amides is 1. The Bertz CT molecular complexity index is 1090. The number of allylic oxidation sites excluding steroid dienone is 1. The maximum Gasteiger partial charge on any atom is 0.239 e. The van der Waals surface area contributed by atoms with Gasteiger partial charge >= 0.3 is 0 Å². The van der Waals surface area contributed by atoms with Gasteiger partial charge in [-0.3, -0.25) is 4.79 Å². The van der Waals surface area contributed by atoms with E-state index in [-0.39, 0.29) is 5.91 Å². The maximum absolute atomic E-state index is 13.8.